The molecule has 8 heteroatoms. The van der Waals surface area contributed by atoms with E-state index in [1.165, 1.54) is 0 Å². The molecule has 0 amide bonds. The van der Waals surface area contributed by atoms with Crippen molar-refractivity contribution in [3.8, 4) is 0 Å². The molecule has 0 aromatic carbocycles. The Balaban J connectivity index is 2.12. The third kappa shape index (κ3) is 4.21. The summed E-state index contributed by atoms with van der Waals surface area (Å²) >= 11 is 0. The van der Waals surface area contributed by atoms with E-state index in [-0.39, 0.29) is 18.2 Å². The van der Waals surface area contributed by atoms with E-state index in [1.54, 1.807) is 0 Å². The molecule has 0 atom stereocenters. The molecule has 1 saturated carbocycles. The number of aliphatic hydroxyl groups is 1. The normalized spacial score (nSPS) is 18.3. The minimum absolute atomic E-state index is 0.0387. The Morgan fingerprint density at radius 2 is 1.81 bits per heavy atom. The van der Waals surface area contributed by atoms with Gasteiger partial charge in [-0.05, 0) is 25.0 Å². The van der Waals surface area contributed by atoms with Crippen LogP contribution in [0.4, 0.5) is 24.8 Å². The quantitative estimate of drug-likeness (QED) is 0.507. The number of hydrazine groups is 1. The number of anilines is 2. The van der Waals surface area contributed by atoms with Crippen LogP contribution in [0.2, 0.25) is 0 Å². The second kappa shape index (κ2) is 6.07. The van der Waals surface area contributed by atoms with Crippen LogP contribution in [0.25, 0.3) is 0 Å². The highest BCUT2D eigenvalue weighted by Crippen LogP contribution is 2.32. The van der Waals surface area contributed by atoms with Crippen LogP contribution in [0.1, 0.15) is 37.7 Å². The van der Waals surface area contributed by atoms with E-state index in [0.29, 0.717) is 12.8 Å². The van der Waals surface area contributed by atoms with Crippen LogP contribution in [0.3, 0.4) is 0 Å². The van der Waals surface area contributed by atoms with Crippen molar-refractivity contribution in [3.63, 3.8) is 0 Å². The van der Waals surface area contributed by atoms with Gasteiger partial charge in [0.15, 0.2) is 0 Å². The minimum Gasteiger partial charge on any atom is -0.388 e. The van der Waals surface area contributed by atoms with Gasteiger partial charge in [-0.15, -0.1) is 0 Å². The molecule has 0 aliphatic heterocycles. The highest BCUT2D eigenvalue weighted by Gasteiger charge is 2.32. The first kappa shape index (κ1) is 15.8. The summed E-state index contributed by atoms with van der Waals surface area (Å²) in [5, 5.41) is 13.1. The first-order valence-electron chi connectivity index (χ1n) is 6.85. The Hall–Kier alpha value is -1.54. The number of halogens is 3. The van der Waals surface area contributed by atoms with Crippen molar-refractivity contribution in [2.45, 2.75) is 43.9 Å². The molecule has 5 N–H and O–H groups in total. The molecular formula is C13H19F3N4O. The van der Waals surface area contributed by atoms with E-state index in [0.717, 1.165) is 31.4 Å². The maximum Gasteiger partial charge on any atom is 0.416 e. The Morgan fingerprint density at radius 1 is 1.19 bits per heavy atom. The van der Waals surface area contributed by atoms with Crippen molar-refractivity contribution in [1.82, 2.24) is 4.98 Å². The summed E-state index contributed by atoms with van der Waals surface area (Å²) in [6, 6.07) is 1.74. The summed E-state index contributed by atoms with van der Waals surface area (Å²) in [7, 11) is 0. The van der Waals surface area contributed by atoms with Gasteiger partial charge in [-0.3, -0.25) is 0 Å². The van der Waals surface area contributed by atoms with Gasteiger partial charge >= 0.3 is 6.18 Å². The summed E-state index contributed by atoms with van der Waals surface area (Å²) in [5.74, 6) is 5.10. The zero-order chi connectivity index (χ0) is 15.5. The fraction of sp³-hybridized carbons (Fsp3) is 0.615. The Morgan fingerprint density at radius 3 is 2.38 bits per heavy atom. The van der Waals surface area contributed by atoms with E-state index in [9.17, 15) is 18.3 Å². The van der Waals surface area contributed by atoms with Crippen molar-refractivity contribution in [2.75, 3.05) is 17.3 Å². The van der Waals surface area contributed by atoms with E-state index >= 15 is 0 Å². The number of hydrogen-bond acceptors (Lipinski definition) is 5. The second-order valence-corrected chi connectivity index (χ2v) is 5.41. The summed E-state index contributed by atoms with van der Waals surface area (Å²) in [6.07, 6.45) is -0.284. The standard InChI is InChI=1S/C13H19F3N4O/c14-13(15,16)9-6-10(19-11(7-9)20-17)18-8-12(21)4-2-1-3-5-12/h6-7,21H,1-5,8,17H2,(H2,18,19,20). The average molecular weight is 304 g/mol. The first-order valence-corrected chi connectivity index (χ1v) is 6.85. The molecular weight excluding hydrogens is 285 g/mol. The summed E-state index contributed by atoms with van der Waals surface area (Å²) in [6.45, 7) is 0.172. The highest BCUT2D eigenvalue weighted by molar-refractivity contribution is 5.49. The van der Waals surface area contributed by atoms with Gasteiger partial charge < -0.3 is 15.8 Å². The number of nitrogen functional groups attached to an aromatic ring is 1. The Bertz CT molecular complexity index is 487. The number of alkyl halides is 3. The number of rotatable bonds is 4. The van der Waals surface area contributed by atoms with Crippen molar-refractivity contribution < 1.29 is 18.3 Å². The number of pyridine rings is 1. The SMILES string of the molecule is NNc1cc(C(F)(F)F)cc(NCC2(O)CCCCC2)n1. The molecule has 1 aliphatic rings. The van der Waals surface area contributed by atoms with Crippen LogP contribution in [0.5, 0.6) is 0 Å². The van der Waals surface area contributed by atoms with Gasteiger partial charge in [0.05, 0.1) is 11.2 Å². The predicted molar refractivity (Wildman–Crippen MR) is 73.6 cm³/mol. The fourth-order valence-electron chi connectivity index (χ4n) is 2.50. The number of nitrogens with zero attached hydrogens (tertiary/aromatic N) is 1. The van der Waals surface area contributed by atoms with Crippen LogP contribution >= 0.6 is 0 Å². The molecule has 118 valence electrons. The van der Waals surface area contributed by atoms with Crippen molar-refractivity contribution in [3.05, 3.63) is 17.7 Å². The maximum absolute atomic E-state index is 12.8. The maximum atomic E-state index is 12.8. The molecule has 1 aliphatic carbocycles. The fourth-order valence-corrected chi connectivity index (χ4v) is 2.50. The molecule has 5 nitrogen and oxygen atoms in total. The number of hydrogen-bond donors (Lipinski definition) is 4. The van der Waals surface area contributed by atoms with Gasteiger partial charge in [-0.25, -0.2) is 10.8 Å². The highest BCUT2D eigenvalue weighted by atomic mass is 19.4. The van der Waals surface area contributed by atoms with E-state index in [4.69, 9.17) is 5.84 Å². The molecule has 1 aromatic heterocycles. The van der Waals surface area contributed by atoms with Crippen LogP contribution in [-0.4, -0.2) is 22.2 Å². The Labute approximate surface area is 120 Å². The third-order valence-electron chi connectivity index (χ3n) is 3.68. The largest absolute Gasteiger partial charge is 0.416 e. The number of aromatic nitrogens is 1. The van der Waals surface area contributed by atoms with Gasteiger partial charge in [0.2, 0.25) is 0 Å². The van der Waals surface area contributed by atoms with E-state index in [1.807, 2.05) is 0 Å². The zero-order valence-electron chi connectivity index (χ0n) is 11.5. The summed E-state index contributed by atoms with van der Waals surface area (Å²) in [4.78, 5) is 3.92. The predicted octanol–water partition coefficient (Wildman–Crippen LogP) is 2.49. The molecule has 2 rings (SSSR count). The molecule has 0 spiro atoms. The lowest BCUT2D eigenvalue weighted by atomic mass is 9.85. The first-order chi connectivity index (χ1) is 9.82. The van der Waals surface area contributed by atoms with Gasteiger partial charge in [0.1, 0.15) is 11.6 Å². The Kier molecular flexibility index (Phi) is 4.58. The van der Waals surface area contributed by atoms with Crippen LogP contribution < -0.4 is 16.6 Å². The monoisotopic (exact) mass is 304 g/mol. The van der Waals surface area contributed by atoms with Gasteiger partial charge in [0.25, 0.3) is 0 Å². The van der Waals surface area contributed by atoms with Gasteiger partial charge in [0, 0.05) is 6.54 Å². The summed E-state index contributed by atoms with van der Waals surface area (Å²) in [5.41, 5.74) is 0.385. The van der Waals surface area contributed by atoms with Gasteiger partial charge in [-0.1, -0.05) is 19.3 Å². The van der Waals surface area contributed by atoms with Crippen LogP contribution in [0.15, 0.2) is 12.1 Å². The molecule has 1 aromatic rings. The second-order valence-electron chi connectivity index (χ2n) is 5.41. The molecule has 0 unspecified atom stereocenters. The van der Waals surface area contributed by atoms with Crippen LogP contribution in [-0.2, 0) is 6.18 Å². The number of nitrogens with two attached hydrogens (primary N) is 1. The molecule has 0 saturated heterocycles. The zero-order valence-corrected chi connectivity index (χ0v) is 11.5. The van der Waals surface area contributed by atoms with E-state index < -0.39 is 17.3 Å². The molecule has 1 fully saturated rings. The molecule has 21 heavy (non-hydrogen) atoms. The van der Waals surface area contributed by atoms with Crippen molar-refractivity contribution >= 4 is 11.6 Å². The lowest BCUT2D eigenvalue weighted by Crippen LogP contribution is -2.39. The van der Waals surface area contributed by atoms with E-state index in [2.05, 4.69) is 15.7 Å². The average Bonchev–Trinajstić information content (AvgIpc) is 2.45. The topological polar surface area (TPSA) is 83.2 Å². The third-order valence-corrected chi connectivity index (χ3v) is 3.68. The van der Waals surface area contributed by atoms with Crippen LogP contribution in [0, 0.1) is 0 Å². The lowest BCUT2D eigenvalue weighted by molar-refractivity contribution is -0.137. The van der Waals surface area contributed by atoms with Crippen molar-refractivity contribution in [2.24, 2.45) is 5.84 Å². The lowest BCUT2D eigenvalue weighted by Gasteiger charge is -2.32. The summed E-state index contributed by atoms with van der Waals surface area (Å²) < 4.78 is 38.3. The molecule has 1 heterocycles. The van der Waals surface area contributed by atoms with Gasteiger partial charge in [-0.2, -0.15) is 13.2 Å². The molecule has 0 bridgehead atoms. The minimum atomic E-state index is -4.48. The van der Waals surface area contributed by atoms with Crippen molar-refractivity contribution in [1.29, 1.82) is 0 Å². The smallest absolute Gasteiger partial charge is 0.388 e. The molecule has 0 radical (unpaired) electrons. The number of nitrogens with one attached hydrogen (secondary N) is 2.